The molecule has 19 heavy (non-hydrogen) atoms. The molecule has 2 rings (SSSR count). The number of carbonyl (C=O) groups is 2. The van der Waals surface area contributed by atoms with Gasteiger partial charge in [-0.1, -0.05) is 0 Å². The first-order valence-corrected chi connectivity index (χ1v) is 6.04. The zero-order valence-electron chi connectivity index (χ0n) is 10.2. The van der Waals surface area contributed by atoms with Crippen LogP contribution in [0.4, 0.5) is 5.00 Å². The van der Waals surface area contributed by atoms with Gasteiger partial charge in [-0.2, -0.15) is 14.6 Å². The molecule has 1 N–H and O–H groups in total. The first-order chi connectivity index (χ1) is 9.02. The van der Waals surface area contributed by atoms with Crippen molar-refractivity contribution in [3.63, 3.8) is 0 Å². The van der Waals surface area contributed by atoms with Crippen molar-refractivity contribution in [2.24, 2.45) is 0 Å². The number of aromatic carboxylic acids is 1. The molecule has 0 atom stereocenters. The van der Waals surface area contributed by atoms with Crippen molar-refractivity contribution in [3.8, 4) is 0 Å². The van der Waals surface area contributed by atoms with Crippen LogP contribution in [0.5, 0.6) is 0 Å². The number of hydrogen-bond acceptors (Lipinski definition) is 6. The molecule has 2 aromatic heterocycles. The highest BCUT2D eigenvalue weighted by Gasteiger charge is 2.24. The lowest BCUT2D eigenvalue weighted by Crippen LogP contribution is -2.27. The Morgan fingerprint density at radius 1 is 1.37 bits per heavy atom. The van der Waals surface area contributed by atoms with Gasteiger partial charge < -0.3 is 10.0 Å². The molecule has 0 spiro atoms. The molecule has 0 aliphatic heterocycles. The molecular weight excluding hydrogens is 268 g/mol. The first-order valence-electron chi connectivity index (χ1n) is 5.26. The summed E-state index contributed by atoms with van der Waals surface area (Å²) in [6, 6.07) is 1.51. The summed E-state index contributed by atoms with van der Waals surface area (Å²) in [7, 11) is 1.50. The van der Waals surface area contributed by atoms with Gasteiger partial charge in [0.15, 0.2) is 0 Å². The van der Waals surface area contributed by atoms with E-state index in [0.29, 0.717) is 16.3 Å². The number of rotatable bonds is 3. The smallest absolute Gasteiger partial charge is 0.340 e. The van der Waals surface area contributed by atoms with Gasteiger partial charge >= 0.3 is 5.97 Å². The van der Waals surface area contributed by atoms with Crippen molar-refractivity contribution in [3.05, 3.63) is 35.3 Å². The van der Waals surface area contributed by atoms with Crippen LogP contribution in [0.2, 0.25) is 0 Å². The van der Waals surface area contributed by atoms with Gasteiger partial charge in [-0.25, -0.2) is 4.79 Å². The average molecular weight is 278 g/mol. The number of aryl methyl sites for hydroxylation is 1. The van der Waals surface area contributed by atoms with E-state index in [1.807, 2.05) is 0 Å². The van der Waals surface area contributed by atoms with E-state index >= 15 is 0 Å². The first kappa shape index (κ1) is 13.1. The summed E-state index contributed by atoms with van der Waals surface area (Å²) in [6.45, 7) is 1.59. The fraction of sp³-hybridized carbons (Fsp3) is 0.182. The van der Waals surface area contributed by atoms with Crippen LogP contribution in [0.25, 0.3) is 0 Å². The van der Waals surface area contributed by atoms with Gasteiger partial charge in [-0.05, 0) is 24.5 Å². The van der Waals surface area contributed by atoms with Gasteiger partial charge in [0.2, 0.25) is 0 Å². The van der Waals surface area contributed by atoms with E-state index in [-0.39, 0.29) is 11.5 Å². The number of carboxylic acid groups (broad SMARTS) is 1. The number of anilines is 1. The lowest BCUT2D eigenvalue weighted by atomic mass is 10.2. The summed E-state index contributed by atoms with van der Waals surface area (Å²) < 4.78 is 3.97. The molecule has 0 aromatic carbocycles. The van der Waals surface area contributed by atoms with Crippen LogP contribution < -0.4 is 4.90 Å². The second kappa shape index (κ2) is 5.11. The Hall–Kier alpha value is -2.35. The Morgan fingerprint density at radius 2 is 2.11 bits per heavy atom. The van der Waals surface area contributed by atoms with Crippen molar-refractivity contribution >= 4 is 28.4 Å². The molecule has 0 saturated carbocycles. The van der Waals surface area contributed by atoms with Gasteiger partial charge in [0.1, 0.15) is 10.6 Å². The monoisotopic (exact) mass is 278 g/mol. The van der Waals surface area contributed by atoms with Crippen LogP contribution in [-0.4, -0.2) is 38.6 Å². The molecule has 0 radical (unpaired) electrons. The molecule has 0 saturated heterocycles. The SMILES string of the molecule is Cc1nsc(N(C)C(=O)c2ccnnc2)c1C(=O)O. The summed E-state index contributed by atoms with van der Waals surface area (Å²) in [6.07, 6.45) is 2.73. The van der Waals surface area contributed by atoms with E-state index in [9.17, 15) is 9.59 Å². The number of nitrogens with zero attached hydrogens (tertiary/aromatic N) is 4. The van der Waals surface area contributed by atoms with Crippen molar-refractivity contribution < 1.29 is 14.7 Å². The lowest BCUT2D eigenvalue weighted by molar-refractivity contribution is 0.0697. The Labute approximate surface area is 112 Å². The van der Waals surface area contributed by atoms with Crippen molar-refractivity contribution in [2.75, 3.05) is 11.9 Å². The fourth-order valence-electron chi connectivity index (χ4n) is 1.54. The Morgan fingerprint density at radius 3 is 2.68 bits per heavy atom. The molecule has 0 fully saturated rings. The molecule has 8 heteroatoms. The minimum Gasteiger partial charge on any atom is -0.478 e. The van der Waals surface area contributed by atoms with E-state index in [2.05, 4.69) is 14.6 Å². The fourth-order valence-corrected chi connectivity index (χ4v) is 2.38. The highest BCUT2D eigenvalue weighted by Crippen LogP contribution is 2.28. The largest absolute Gasteiger partial charge is 0.478 e. The summed E-state index contributed by atoms with van der Waals surface area (Å²) >= 11 is 0.974. The second-order valence-electron chi connectivity index (χ2n) is 3.75. The van der Waals surface area contributed by atoms with Crippen LogP contribution in [0, 0.1) is 6.92 Å². The molecule has 2 heterocycles. The predicted octanol–water partition coefficient (Wildman–Crippen LogP) is 1.22. The molecule has 0 bridgehead atoms. The van der Waals surface area contributed by atoms with Crippen LogP contribution in [0.1, 0.15) is 26.4 Å². The molecule has 0 unspecified atom stereocenters. The zero-order valence-corrected chi connectivity index (χ0v) is 11.0. The Kier molecular flexibility index (Phi) is 3.52. The van der Waals surface area contributed by atoms with Crippen LogP contribution in [0.3, 0.4) is 0 Å². The molecule has 7 nitrogen and oxygen atoms in total. The average Bonchev–Trinajstić information content (AvgIpc) is 2.80. The maximum Gasteiger partial charge on any atom is 0.340 e. The third kappa shape index (κ3) is 2.43. The third-order valence-corrected chi connectivity index (χ3v) is 3.52. The summed E-state index contributed by atoms with van der Waals surface area (Å²) in [5, 5.41) is 16.6. The molecule has 2 aromatic rings. The quantitative estimate of drug-likeness (QED) is 0.906. The normalized spacial score (nSPS) is 10.2. The molecule has 98 valence electrons. The zero-order chi connectivity index (χ0) is 14.0. The summed E-state index contributed by atoms with van der Waals surface area (Å²) in [5.74, 6) is -1.46. The maximum absolute atomic E-state index is 12.2. The van der Waals surface area contributed by atoms with Crippen LogP contribution in [0.15, 0.2) is 18.5 Å². The van der Waals surface area contributed by atoms with E-state index < -0.39 is 5.97 Å². The van der Waals surface area contributed by atoms with Crippen molar-refractivity contribution in [1.82, 2.24) is 14.6 Å². The topological polar surface area (TPSA) is 96.3 Å². The standard InChI is InChI=1S/C11H10N4O3S/c1-6-8(11(17)18)10(19-14-6)15(2)9(16)7-3-4-12-13-5-7/h3-5H,1-2H3,(H,17,18). The maximum atomic E-state index is 12.2. The minimum absolute atomic E-state index is 0.0443. The predicted molar refractivity (Wildman–Crippen MR) is 68.6 cm³/mol. The van der Waals surface area contributed by atoms with Gasteiger partial charge in [-0.3, -0.25) is 4.79 Å². The molecule has 0 aliphatic carbocycles. The summed E-state index contributed by atoms with van der Waals surface area (Å²) in [5.41, 5.74) is 0.766. The van der Waals surface area contributed by atoms with E-state index in [1.54, 1.807) is 6.92 Å². The minimum atomic E-state index is -1.10. The number of carbonyl (C=O) groups excluding carboxylic acids is 1. The highest BCUT2D eigenvalue weighted by molar-refractivity contribution is 7.11. The molecule has 0 aliphatic rings. The lowest BCUT2D eigenvalue weighted by Gasteiger charge is -2.15. The Balaban J connectivity index is 2.38. The number of carboxylic acids is 1. The highest BCUT2D eigenvalue weighted by atomic mass is 32.1. The number of amides is 1. The van der Waals surface area contributed by atoms with Gasteiger partial charge in [0, 0.05) is 7.05 Å². The van der Waals surface area contributed by atoms with Gasteiger partial charge in [0.05, 0.1) is 23.7 Å². The van der Waals surface area contributed by atoms with E-state index in [4.69, 9.17) is 5.11 Å². The molecule has 1 amide bonds. The molecular formula is C11H10N4O3S. The van der Waals surface area contributed by atoms with Crippen LogP contribution >= 0.6 is 11.5 Å². The summed E-state index contributed by atoms with van der Waals surface area (Å²) in [4.78, 5) is 24.6. The van der Waals surface area contributed by atoms with Gasteiger partial charge in [-0.15, -0.1) is 0 Å². The Bertz CT molecular complexity index is 626. The van der Waals surface area contributed by atoms with E-state index in [0.717, 1.165) is 11.5 Å². The van der Waals surface area contributed by atoms with Crippen molar-refractivity contribution in [1.29, 1.82) is 0 Å². The second-order valence-corrected chi connectivity index (χ2v) is 4.50. The van der Waals surface area contributed by atoms with Crippen LogP contribution in [-0.2, 0) is 0 Å². The third-order valence-electron chi connectivity index (χ3n) is 2.50. The van der Waals surface area contributed by atoms with Gasteiger partial charge in [0.25, 0.3) is 5.91 Å². The number of aromatic nitrogens is 3. The van der Waals surface area contributed by atoms with E-state index in [1.165, 1.54) is 30.4 Å². The van der Waals surface area contributed by atoms with Crippen molar-refractivity contribution in [2.45, 2.75) is 6.92 Å². The number of hydrogen-bond donors (Lipinski definition) is 1.